The van der Waals surface area contributed by atoms with Gasteiger partial charge in [0.25, 0.3) is 0 Å². The summed E-state index contributed by atoms with van der Waals surface area (Å²) in [6.07, 6.45) is 0.208. The number of fused-ring (bicyclic) bond motifs is 1. The van der Waals surface area contributed by atoms with Gasteiger partial charge < -0.3 is 14.2 Å². The molecule has 0 amide bonds. The molecule has 2 aliphatic heterocycles. The van der Waals surface area contributed by atoms with Crippen molar-refractivity contribution in [2.24, 2.45) is 5.92 Å². The molecule has 0 unspecified atom stereocenters. The first-order valence-electron chi connectivity index (χ1n) is 8.70. The first-order chi connectivity index (χ1) is 12.2. The number of ether oxygens (including phenoxy) is 3. The Hall–Kier alpha value is -1.47. The lowest BCUT2D eigenvalue weighted by Crippen LogP contribution is -2.32. The predicted molar refractivity (Wildman–Crippen MR) is 96.9 cm³/mol. The van der Waals surface area contributed by atoms with Gasteiger partial charge >= 0.3 is 0 Å². The number of hydrogen-bond acceptors (Lipinski definition) is 6. The molecule has 2 aliphatic rings. The van der Waals surface area contributed by atoms with Crippen LogP contribution in [0.15, 0.2) is 29.6 Å². The summed E-state index contributed by atoms with van der Waals surface area (Å²) >= 11 is 1.67. The highest BCUT2D eigenvalue weighted by atomic mass is 32.1. The van der Waals surface area contributed by atoms with Crippen LogP contribution in [0.4, 0.5) is 0 Å². The second kappa shape index (κ2) is 7.41. The Morgan fingerprint density at radius 1 is 1.36 bits per heavy atom. The maximum atomic E-state index is 6.23. The minimum Gasteiger partial charge on any atom is -0.497 e. The van der Waals surface area contributed by atoms with Crippen molar-refractivity contribution in [3.05, 3.63) is 45.9 Å². The molecule has 2 fully saturated rings. The summed E-state index contributed by atoms with van der Waals surface area (Å²) in [7, 11) is 1.71. The summed E-state index contributed by atoms with van der Waals surface area (Å²) in [5.41, 5.74) is 2.30. The van der Waals surface area contributed by atoms with E-state index in [2.05, 4.69) is 27.4 Å². The van der Waals surface area contributed by atoms with Gasteiger partial charge in [0.1, 0.15) is 5.75 Å². The lowest BCUT2D eigenvalue weighted by atomic mass is 10.0. The van der Waals surface area contributed by atoms with E-state index < -0.39 is 0 Å². The molecule has 0 aliphatic carbocycles. The van der Waals surface area contributed by atoms with Crippen molar-refractivity contribution in [3.63, 3.8) is 0 Å². The van der Waals surface area contributed by atoms with E-state index in [4.69, 9.17) is 14.2 Å². The summed E-state index contributed by atoms with van der Waals surface area (Å²) in [6, 6.07) is 8.73. The molecule has 3 atom stereocenters. The zero-order valence-electron chi connectivity index (χ0n) is 14.7. The lowest BCUT2D eigenvalue weighted by molar-refractivity contribution is 0.00756. The molecule has 0 spiro atoms. The zero-order chi connectivity index (χ0) is 17.2. The number of rotatable bonds is 6. The Kier molecular flexibility index (Phi) is 5.03. The van der Waals surface area contributed by atoms with E-state index in [0.717, 1.165) is 42.8 Å². The number of likely N-dealkylation sites (tertiary alicyclic amines) is 1. The van der Waals surface area contributed by atoms with Gasteiger partial charge in [-0.3, -0.25) is 4.90 Å². The van der Waals surface area contributed by atoms with Gasteiger partial charge in [0.05, 0.1) is 43.7 Å². The quantitative estimate of drug-likeness (QED) is 0.793. The zero-order valence-corrected chi connectivity index (χ0v) is 15.5. The molecular weight excluding hydrogens is 336 g/mol. The highest BCUT2D eigenvalue weighted by Crippen LogP contribution is 2.34. The Balaban J connectivity index is 1.41. The third-order valence-electron chi connectivity index (χ3n) is 5.09. The van der Waals surface area contributed by atoms with Crippen LogP contribution in [0.25, 0.3) is 0 Å². The third kappa shape index (κ3) is 3.72. The second-order valence-electron chi connectivity index (χ2n) is 6.76. The Morgan fingerprint density at radius 3 is 3.08 bits per heavy atom. The van der Waals surface area contributed by atoms with E-state index in [-0.39, 0.29) is 6.10 Å². The van der Waals surface area contributed by atoms with Gasteiger partial charge in [-0.2, -0.15) is 0 Å². The molecule has 0 saturated carbocycles. The average Bonchev–Trinajstić information content (AvgIpc) is 3.32. The van der Waals surface area contributed by atoms with Crippen LogP contribution in [0.1, 0.15) is 16.3 Å². The molecule has 0 bridgehead atoms. The van der Waals surface area contributed by atoms with Crippen LogP contribution in [-0.2, 0) is 22.6 Å². The molecular formula is C19H24N2O3S. The van der Waals surface area contributed by atoms with E-state index in [1.54, 1.807) is 18.4 Å². The van der Waals surface area contributed by atoms with Crippen LogP contribution in [0.3, 0.4) is 0 Å². The maximum Gasteiger partial charge on any atom is 0.119 e. The average molecular weight is 360 g/mol. The SMILES string of the molecule is COc1cccc(CN2C[C@@H](OCc3csc(C)n3)[C@H]3COC[C@H]32)c1. The highest BCUT2D eigenvalue weighted by Gasteiger charge is 2.45. The third-order valence-corrected chi connectivity index (χ3v) is 5.91. The Morgan fingerprint density at radius 2 is 2.28 bits per heavy atom. The molecule has 4 rings (SSSR count). The molecule has 134 valence electrons. The van der Waals surface area contributed by atoms with Crippen LogP contribution < -0.4 is 4.74 Å². The van der Waals surface area contributed by atoms with Crippen molar-refractivity contribution in [2.75, 3.05) is 26.9 Å². The normalized spacial score (nSPS) is 26.1. The summed E-state index contributed by atoms with van der Waals surface area (Å²) in [6.45, 7) is 6.05. The topological polar surface area (TPSA) is 43.8 Å². The predicted octanol–water partition coefficient (Wildman–Crippen LogP) is 2.88. The van der Waals surface area contributed by atoms with Crippen molar-refractivity contribution in [1.29, 1.82) is 0 Å². The van der Waals surface area contributed by atoms with Gasteiger partial charge in [-0.15, -0.1) is 11.3 Å². The fraction of sp³-hybridized carbons (Fsp3) is 0.526. The fourth-order valence-electron chi connectivity index (χ4n) is 3.82. The molecule has 2 saturated heterocycles. The van der Waals surface area contributed by atoms with Crippen molar-refractivity contribution in [1.82, 2.24) is 9.88 Å². The van der Waals surface area contributed by atoms with Crippen molar-refractivity contribution in [3.8, 4) is 5.75 Å². The molecule has 6 heteroatoms. The number of aromatic nitrogens is 1. The number of nitrogens with zero attached hydrogens (tertiary/aromatic N) is 2. The van der Waals surface area contributed by atoms with E-state index in [1.807, 2.05) is 19.1 Å². The van der Waals surface area contributed by atoms with E-state index in [1.165, 1.54) is 5.56 Å². The van der Waals surface area contributed by atoms with Crippen LogP contribution in [0.2, 0.25) is 0 Å². The minimum atomic E-state index is 0.208. The molecule has 5 nitrogen and oxygen atoms in total. The van der Waals surface area contributed by atoms with Gasteiger partial charge in [-0.1, -0.05) is 12.1 Å². The van der Waals surface area contributed by atoms with Crippen LogP contribution in [-0.4, -0.2) is 48.9 Å². The summed E-state index contributed by atoms with van der Waals surface area (Å²) in [5.74, 6) is 1.35. The largest absolute Gasteiger partial charge is 0.497 e. The standard InChI is InChI=1S/C19H24N2O3S/c1-13-20-15(12-25-13)9-24-19-8-21(18-11-23-10-17(18)19)7-14-4-3-5-16(6-14)22-2/h3-6,12,17-19H,7-11H2,1-2H3/t17-,18+,19+/m0/s1. The summed E-state index contributed by atoms with van der Waals surface area (Å²) in [4.78, 5) is 6.99. The van der Waals surface area contributed by atoms with E-state index >= 15 is 0 Å². The maximum absolute atomic E-state index is 6.23. The minimum absolute atomic E-state index is 0.208. The molecule has 1 aromatic carbocycles. The molecule has 25 heavy (non-hydrogen) atoms. The first-order valence-corrected chi connectivity index (χ1v) is 9.58. The van der Waals surface area contributed by atoms with Gasteiger partial charge in [-0.25, -0.2) is 4.98 Å². The molecule has 0 N–H and O–H groups in total. The van der Waals surface area contributed by atoms with Gasteiger partial charge in [0, 0.05) is 30.4 Å². The van der Waals surface area contributed by atoms with Crippen LogP contribution in [0, 0.1) is 12.8 Å². The molecule has 0 radical (unpaired) electrons. The summed E-state index contributed by atoms with van der Waals surface area (Å²) in [5, 5.41) is 3.17. The van der Waals surface area contributed by atoms with E-state index in [9.17, 15) is 0 Å². The number of benzene rings is 1. The fourth-order valence-corrected chi connectivity index (χ4v) is 4.42. The highest BCUT2D eigenvalue weighted by molar-refractivity contribution is 7.09. The number of hydrogen-bond donors (Lipinski definition) is 0. The lowest BCUT2D eigenvalue weighted by Gasteiger charge is -2.22. The van der Waals surface area contributed by atoms with Crippen molar-refractivity contribution < 1.29 is 14.2 Å². The molecule has 2 aromatic rings. The van der Waals surface area contributed by atoms with Crippen molar-refractivity contribution in [2.45, 2.75) is 32.2 Å². The monoisotopic (exact) mass is 360 g/mol. The Labute approximate surface area is 152 Å². The van der Waals surface area contributed by atoms with E-state index in [0.29, 0.717) is 18.6 Å². The second-order valence-corrected chi connectivity index (χ2v) is 7.82. The van der Waals surface area contributed by atoms with Crippen LogP contribution in [0.5, 0.6) is 5.75 Å². The van der Waals surface area contributed by atoms with Gasteiger partial charge in [0.2, 0.25) is 0 Å². The number of thiazole rings is 1. The smallest absolute Gasteiger partial charge is 0.119 e. The first kappa shape index (κ1) is 17.0. The van der Waals surface area contributed by atoms with Crippen molar-refractivity contribution >= 4 is 11.3 Å². The number of methoxy groups -OCH3 is 1. The van der Waals surface area contributed by atoms with Crippen LogP contribution >= 0.6 is 11.3 Å². The van der Waals surface area contributed by atoms with Gasteiger partial charge in [0.15, 0.2) is 0 Å². The summed E-state index contributed by atoms with van der Waals surface area (Å²) < 4.78 is 17.3. The Bertz CT molecular complexity index is 720. The van der Waals surface area contributed by atoms with Gasteiger partial charge in [-0.05, 0) is 24.6 Å². The molecule has 3 heterocycles. The number of aryl methyl sites for hydroxylation is 1. The molecule has 1 aromatic heterocycles.